The molecule has 0 atom stereocenters. The maximum atomic E-state index is 5.88. The van der Waals surface area contributed by atoms with E-state index in [1.807, 2.05) is 19.1 Å². The highest BCUT2D eigenvalue weighted by molar-refractivity contribution is 5.33. The van der Waals surface area contributed by atoms with Gasteiger partial charge in [0, 0.05) is 6.54 Å². The van der Waals surface area contributed by atoms with Crippen LogP contribution in [0.2, 0.25) is 0 Å². The molecule has 4 nitrogen and oxygen atoms in total. The zero-order valence-corrected chi connectivity index (χ0v) is 9.87. The summed E-state index contributed by atoms with van der Waals surface area (Å²) >= 11 is 0. The van der Waals surface area contributed by atoms with Crippen molar-refractivity contribution in [2.75, 3.05) is 18.4 Å². The van der Waals surface area contributed by atoms with Crippen molar-refractivity contribution in [2.45, 2.75) is 32.6 Å². The first-order valence-corrected chi connectivity index (χ1v) is 5.98. The normalized spacial score (nSPS) is 18.6. The van der Waals surface area contributed by atoms with E-state index in [0.717, 1.165) is 24.6 Å². The molecule has 0 saturated heterocycles. The predicted octanol–water partition coefficient (Wildman–Crippen LogP) is 1.72. The molecule has 3 N–H and O–H groups in total. The second kappa shape index (κ2) is 4.78. The van der Waals surface area contributed by atoms with Crippen LogP contribution in [-0.4, -0.2) is 23.3 Å². The van der Waals surface area contributed by atoms with Crippen LogP contribution in [0.25, 0.3) is 0 Å². The smallest absolute Gasteiger partial charge is 0.148 e. The first-order chi connectivity index (χ1) is 7.74. The summed E-state index contributed by atoms with van der Waals surface area (Å²) in [6, 6.07) is 3.95. The molecule has 2 rings (SSSR count). The average Bonchev–Trinajstić information content (AvgIpc) is 2.78. The maximum absolute atomic E-state index is 5.88. The molecule has 1 heterocycles. The number of anilines is 1. The lowest BCUT2D eigenvalue weighted by atomic mass is 9.86. The number of aryl methyl sites for hydroxylation is 1. The van der Waals surface area contributed by atoms with Gasteiger partial charge in [0.05, 0.1) is 5.69 Å². The average molecular weight is 220 g/mol. The van der Waals surface area contributed by atoms with Crippen molar-refractivity contribution in [2.24, 2.45) is 11.1 Å². The van der Waals surface area contributed by atoms with Gasteiger partial charge in [-0.2, -0.15) is 5.10 Å². The fourth-order valence-corrected chi connectivity index (χ4v) is 2.35. The monoisotopic (exact) mass is 220 g/mol. The summed E-state index contributed by atoms with van der Waals surface area (Å²) in [5.41, 5.74) is 7.11. The second-order valence-electron chi connectivity index (χ2n) is 4.82. The van der Waals surface area contributed by atoms with Crippen molar-refractivity contribution in [3.8, 4) is 0 Å². The van der Waals surface area contributed by atoms with E-state index in [1.165, 1.54) is 25.7 Å². The van der Waals surface area contributed by atoms with E-state index >= 15 is 0 Å². The van der Waals surface area contributed by atoms with E-state index in [9.17, 15) is 0 Å². The summed E-state index contributed by atoms with van der Waals surface area (Å²) in [5, 5.41) is 11.5. The van der Waals surface area contributed by atoms with Gasteiger partial charge in [-0.05, 0) is 43.9 Å². The Bertz CT molecular complexity index is 327. The molecule has 0 spiro atoms. The van der Waals surface area contributed by atoms with Gasteiger partial charge in [0.15, 0.2) is 0 Å². The van der Waals surface area contributed by atoms with Gasteiger partial charge in [-0.25, -0.2) is 0 Å². The fourth-order valence-electron chi connectivity index (χ4n) is 2.35. The van der Waals surface area contributed by atoms with Crippen LogP contribution in [0, 0.1) is 12.3 Å². The highest BCUT2D eigenvalue weighted by atomic mass is 15.2. The van der Waals surface area contributed by atoms with Gasteiger partial charge in [0.1, 0.15) is 5.82 Å². The number of aromatic nitrogens is 2. The Morgan fingerprint density at radius 1 is 1.31 bits per heavy atom. The van der Waals surface area contributed by atoms with Crippen molar-refractivity contribution in [1.82, 2.24) is 10.2 Å². The Morgan fingerprint density at radius 3 is 2.62 bits per heavy atom. The number of rotatable bonds is 4. The SMILES string of the molecule is Cc1ccc(NCC2(CN)CCCC2)nn1. The van der Waals surface area contributed by atoms with Gasteiger partial charge in [0.2, 0.25) is 0 Å². The Hall–Kier alpha value is -1.16. The van der Waals surface area contributed by atoms with Crippen LogP contribution in [0.5, 0.6) is 0 Å². The molecule has 1 saturated carbocycles. The second-order valence-corrected chi connectivity index (χ2v) is 4.82. The molecular weight excluding hydrogens is 200 g/mol. The predicted molar refractivity (Wildman–Crippen MR) is 65.2 cm³/mol. The van der Waals surface area contributed by atoms with Gasteiger partial charge in [-0.1, -0.05) is 12.8 Å². The molecule has 1 aromatic heterocycles. The minimum Gasteiger partial charge on any atom is -0.368 e. The Kier molecular flexibility index (Phi) is 3.39. The van der Waals surface area contributed by atoms with Crippen molar-refractivity contribution >= 4 is 5.82 Å². The molecule has 1 aliphatic rings. The maximum Gasteiger partial charge on any atom is 0.148 e. The summed E-state index contributed by atoms with van der Waals surface area (Å²) in [4.78, 5) is 0. The molecule has 0 amide bonds. The van der Waals surface area contributed by atoms with E-state index in [2.05, 4.69) is 15.5 Å². The first-order valence-electron chi connectivity index (χ1n) is 5.98. The molecular formula is C12H20N4. The summed E-state index contributed by atoms with van der Waals surface area (Å²) in [7, 11) is 0. The summed E-state index contributed by atoms with van der Waals surface area (Å²) in [5.74, 6) is 0.852. The summed E-state index contributed by atoms with van der Waals surface area (Å²) in [6.07, 6.45) is 5.07. The third kappa shape index (κ3) is 2.50. The van der Waals surface area contributed by atoms with Crippen LogP contribution in [-0.2, 0) is 0 Å². The van der Waals surface area contributed by atoms with Gasteiger partial charge >= 0.3 is 0 Å². The van der Waals surface area contributed by atoms with Crippen molar-refractivity contribution in [1.29, 1.82) is 0 Å². The zero-order valence-electron chi connectivity index (χ0n) is 9.87. The Balaban J connectivity index is 1.93. The van der Waals surface area contributed by atoms with Gasteiger partial charge in [-0.3, -0.25) is 0 Å². The molecule has 4 heteroatoms. The standard InChI is InChI=1S/C12H20N4/c1-10-4-5-11(16-15-10)14-9-12(8-13)6-2-3-7-12/h4-5H,2-3,6-9,13H2,1H3,(H,14,16). The Morgan fingerprint density at radius 2 is 2.06 bits per heavy atom. The van der Waals surface area contributed by atoms with Crippen LogP contribution in [0.1, 0.15) is 31.4 Å². The molecule has 88 valence electrons. The highest BCUT2D eigenvalue weighted by Crippen LogP contribution is 2.36. The molecule has 0 radical (unpaired) electrons. The lowest BCUT2D eigenvalue weighted by Crippen LogP contribution is -2.34. The van der Waals surface area contributed by atoms with Crippen LogP contribution in [0.3, 0.4) is 0 Å². The quantitative estimate of drug-likeness (QED) is 0.811. The molecule has 1 fully saturated rings. The first kappa shape index (κ1) is 11.3. The lowest BCUT2D eigenvalue weighted by Gasteiger charge is -2.27. The van der Waals surface area contributed by atoms with E-state index in [4.69, 9.17) is 5.73 Å². The molecule has 0 bridgehead atoms. The van der Waals surface area contributed by atoms with E-state index in [0.29, 0.717) is 0 Å². The molecule has 16 heavy (non-hydrogen) atoms. The van der Waals surface area contributed by atoms with Crippen molar-refractivity contribution in [3.63, 3.8) is 0 Å². The highest BCUT2D eigenvalue weighted by Gasteiger charge is 2.32. The zero-order chi connectivity index (χ0) is 11.4. The minimum atomic E-state index is 0.284. The van der Waals surface area contributed by atoms with Gasteiger partial charge in [-0.15, -0.1) is 5.10 Å². The molecule has 0 unspecified atom stereocenters. The van der Waals surface area contributed by atoms with Gasteiger partial charge < -0.3 is 11.1 Å². The fraction of sp³-hybridized carbons (Fsp3) is 0.667. The van der Waals surface area contributed by atoms with Crippen molar-refractivity contribution in [3.05, 3.63) is 17.8 Å². The summed E-state index contributed by atoms with van der Waals surface area (Å²) < 4.78 is 0. The molecule has 0 aliphatic heterocycles. The third-order valence-electron chi connectivity index (χ3n) is 3.54. The van der Waals surface area contributed by atoms with Crippen LogP contribution in [0.15, 0.2) is 12.1 Å². The third-order valence-corrected chi connectivity index (χ3v) is 3.54. The van der Waals surface area contributed by atoms with Crippen LogP contribution < -0.4 is 11.1 Å². The number of hydrogen-bond acceptors (Lipinski definition) is 4. The summed E-state index contributed by atoms with van der Waals surface area (Å²) in [6.45, 7) is 3.62. The van der Waals surface area contributed by atoms with Gasteiger partial charge in [0.25, 0.3) is 0 Å². The van der Waals surface area contributed by atoms with E-state index in [1.54, 1.807) is 0 Å². The molecule has 1 aromatic rings. The Labute approximate surface area is 96.6 Å². The van der Waals surface area contributed by atoms with Crippen LogP contribution >= 0.6 is 0 Å². The number of nitrogens with one attached hydrogen (secondary N) is 1. The lowest BCUT2D eigenvalue weighted by molar-refractivity contribution is 0.331. The number of hydrogen-bond donors (Lipinski definition) is 2. The topological polar surface area (TPSA) is 63.8 Å². The number of nitrogens with zero attached hydrogens (tertiary/aromatic N) is 2. The molecule has 0 aromatic carbocycles. The number of nitrogens with two attached hydrogens (primary N) is 1. The largest absolute Gasteiger partial charge is 0.368 e. The minimum absolute atomic E-state index is 0.284. The molecule has 1 aliphatic carbocycles. The van der Waals surface area contributed by atoms with E-state index in [-0.39, 0.29) is 5.41 Å². The van der Waals surface area contributed by atoms with E-state index < -0.39 is 0 Å². The van der Waals surface area contributed by atoms with Crippen LogP contribution in [0.4, 0.5) is 5.82 Å². The van der Waals surface area contributed by atoms with Crippen molar-refractivity contribution < 1.29 is 0 Å².